The lowest BCUT2D eigenvalue weighted by molar-refractivity contribution is 0.925. The van der Waals surface area contributed by atoms with Crippen molar-refractivity contribution >= 4 is 34.2 Å². The summed E-state index contributed by atoms with van der Waals surface area (Å²) in [6.07, 6.45) is 5.50. The van der Waals surface area contributed by atoms with Gasteiger partial charge in [0.2, 0.25) is 0 Å². The second-order valence-corrected chi connectivity index (χ2v) is 6.12. The first kappa shape index (κ1) is 14.6. The number of hydrogen-bond donors (Lipinski definition) is 3. The van der Waals surface area contributed by atoms with Crippen molar-refractivity contribution in [3.8, 4) is 10.6 Å². The molecule has 3 heterocycles. The first-order valence-electron chi connectivity index (χ1n) is 7.25. The van der Waals surface area contributed by atoms with Crippen molar-refractivity contribution < 1.29 is 0 Å². The van der Waals surface area contributed by atoms with Crippen LogP contribution in [0.1, 0.15) is 0 Å². The third-order valence-electron chi connectivity index (χ3n) is 3.61. The molecule has 7 nitrogen and oxygen atoms in total. The van der Waals surface area contributed by atoms with Crippen molar-refractivity contribution in [1.82, 2.24) is 14.4 Å². The Morgan fingerprint density at radius 3 is 2.83 bits per heavy atom. The predicted octanol–water partition coefficient (Wildman–Crippen LogP) is 2.76. The molecule has 0 spiro atoms. The average Bonchev–Trinajstić information content (AvgIpc) is 3.24. The first-order valence-corrected chi connectivity index (χ1v) is 8.13. The Balaban J connectivity index is 1.74. The molecule has 0 saturated carbocycles. The number of aromatic nitrogens is 3. The van der Waals surface area contributed by atoms with E-state index in [2.05, 4.69) is 21.4 Å². The molecule has 0 radical (unpaired) electrons. The van der Waals surface area contributed by atoms with Crippen molar-refractivity contribution in [2.24, 2.45) is 11.7 Å². The highest BCUT2D eigenvalue weighted by atomic mass is 32.1. The lowest BCUT2D eigenvalue weighted by atomic mass is 10.3. The third-order valence-corrected chi connectivity index (χ3v) is 4.50. The zero-order chi connectivity index (χ0) is 16.5. The SMILES string of the molecule is NN(N)c1cccc(Nc2nccn3c(-c4cccs4)cnc23)c1. The van der Waals surface area contributed by atoms with E-state index in [1.54, 1.807) is 17.5 Å². The smallest absolute Gasteiger partial charge is 0.180 e. The van der Waals surface area contributed by atoms with Crippen LogP contribution in [0, 0.1) is 0 Å². The second kappa shape index (κ2) is 5.93. The highest BCUT2D eigenvalue weighted by Gasteiger charge is 2.11. The lowest BCUT2D eigenvalue weighted by Gasteiger charge is -2.13. The summed E-state index contributed by atoms with van der Waals surface area (Å²) in [5.41, 5.74) is 3.31. The van der Waals surface area contributed by atoms with Crippen LogP contribution in [0.2, 0.25) is 0 Å². The summed E-state index contributed by atoms with van der Waals surface area (Å²) in [6, 6.07) is 11.5. The van der Waals surface area contributed by atoms with Gasteiger partial charge in [0.15, 0.2) is 11.5 Å². The van der Waals surface area contributed by atoms with Gasteiger partial charge in [-0.25, -0.2) is 26.8 Å². The molecule has 0 unspecified atom stereocenters. The minimum Gasteiger partial charge on any atom is -0.337 e. The van der Waals surface area contributed by atoms with Gasteiger partial charge in [0.25, 0.3) is 0 Å². The number of anilines is 3. The number of rotatable bonds is 4. The van der Waals surface area contributed by atoms with Gasteiger partial charge in [0, 0.05) is 18.1 Å². The Bertz CT molecular complexity index is 975. The van der Waals surface area contributed by atoms with Crippen LogP contribution in [0.3, 0.4) is 0 Å². The Labute approximate surface area is 142 Å². The number of nitrogens with two attached hydrogens (primary N) is 2. The van der Waals surface area contributed by atoms with Gasteiger partial charge in [-0.2, -0.15) is 0 Å². The molecule has 0 saturated heterocycles. The maximum atomic E-state index is 5.58. The summed E-state index contributed by atoms with van der Waals surface area (Å²) in [7, 11) is 0. The van der Waals surface area contributed by atoms with Crippen molar-refractivity contribution in [3.05, 3.63) is 60.4 Å². The Kier molecular flexibility index (Phi) is 3.62. The van der Waals surface area contributed by atoms with Crippen LogP contribution >= 0.6 is 11.3 Å². The molecular formula is C16H15N7S. The van der Waals surface area contributed by atoms with E-state index in [9.17, 15) is 0 Å². The summed E-state index contributed by atoms with van der Waals surface area (Å²) in [5, 5.41) is 6.39. The fourth-order valence-electron chi connectivity index (χ4n) is 2.49. The number of imidazole rings is 1. The van der Waals surface area contributed by atoms with Gasteiger partial charge in [0.1, 0.15) is 0 Å². The summed E-state index contributed by atoms with van der Waals surface area (Å²) < 4.78 is 2.02. The van der Waals surface area contributed by atoms with Crippen LogP contribution in [-0.2, 0) is 0 Å². The number of hydrogen-bond acceptors (Lipinski definition) is 7. The molecule has 0 amide bonds. The molecule has 0 aliphatic rings. The van der Waals surface area contributed by atoms with Crippen LogP contribution in [0.15, 0.2) is 60.4 Å². The molecule has 120 valence electrons. The molecule has 3 aromatic heterocycles. The molecule has 5 N–H and O–H groups in total. The van der Waals surface area contributed by atoms with Gasteiger partial charge < -0.3 is 5.32 Å². The quantitative estimate of drug-likeness (QED) is 0.391. The number of nitrogens with zero attached hydrogens (tertiary/aromatic N) is 4. The van der Waals surface area contributed by atoms with E-state index in [1.807, 2.05) is 52.5 Å². The standard InChI is InChI=1S/C16H15N7S/c17-23(18)12-4-1-3-11(9-12)21-15-16-20-10-13(14-5-2-8-24-14)22(16)7-6-19-15/h1-10H,17-18H2,(H,19,21). The second-order valence-electron chi connectivity index (χ2n) is 5.17. The molecular weight excluding hydrogens is 322 g/mol. The van der Waals surface area contributed by atoms with Crippen LogP contribution in [-0.4, -0.2) is 14.4 Å². The molecule has 0 bridgehead atoms. The van der Waals surface area contributed by atoms with Crippen LogP contribution in [0.25, 0.3) is 16.2 Å². The molecule has 24 heavy (non-hydrogen) atoms. The third kappa shape index (κ3) is 2.58. The summed E-state index contributed by atoms with van der Waals surface area (Å²) in [4.78, 5) is 10.1. The van der Waals surface area contributed by atoms with E-state index in [1.165, 1.54) is 0 Å². The average molecular weight is 337 g/mol. The number of benzene rings is 1. The first-order chi connectivity index (χ1) is 11.7. The zero-order valence-corrected chi connectivity index (χ0v) is 13.4. The van der Waals surface area contributed by atoms with Gasteiger partial charge in [-0.3, -0.25) is 4.40 Å². The topological polar surface area (TPSA) is 97.5 Å². The van der Waals surface area contributed by atoms with Crippen molar-refractivity contribution in [2.45, 2.75) is 0 Å². The Hall–Kier alpha value is -2.94. The number of nitrogens with one attached hydrogen (secondary N) is 1. The number of thiophene rings is 1. The molecule has 0 aliphatic carbocycles. The summed E-state index contributed by atoms with van der Waals surface area (Å²) >= 11 is 1.68. The highest BCUT2D eigenvalue weighted by molar-refractivity contribution is 7.13. The molecule has 0 fully saturated rings. The molecule has 4 rings (SSSR count). The number of hydrazine groups is 2. The number of fused-ring (bicyclic) bond motifs is 1. The molecule has 8 heteroatoms. The van der Waals surface area contributed by atoms with E-state index in [0.717, 1.165) is 27.0 Å². The largest absolute Gasteiger partial charge is 0.337 e. The monoisotopic (exact) mass is 337 g/mol. The molecule has 0 aliphatic heterocycles. The van der Waals surface area contributed by atoms with Crippen molar-refractivity contribution in [2.75, 3.05) is 10.4 Å². The van der Waals surface area contributed by atoms with Crippen LogP contribution in [0.5, 0.6) is 0 Å². The zero-order valence-electron chi connectivity index (χ0n) is 12.6. The fourth-order valence-corrected chi connectivity index (χ4v) is 3.23. The molecule has 1 aromatic carbocycles. The Morgan fingerprint density at radius 1 is 1.12 bits per heavy atom. The van der Waals surface area contributed by atoms with Gasteiger partial charge in [-0.15, -0.1) is 11.3 Å². The summed E-state index contributed by atoms with van der Waals surface area (Å²) in [6.45, 7) is 0. The van der Waals surface area contributed by atoms with Gasteiger partial charge in [0.05, 0.1) is 22.5 Å². The maximum absolute atomic E-state index is 5.58. The van der Waals surface area contributed by atoms with Gasteiger partial charge in [-0.05, 0) is 29.6 Å². The minimum atomic E-state index is 0.665. The predicted molar refractivity (Wildman–Crippen MR) is 96.9 cm³/mol. The lowest BCUT2D eigenvalue weighted by Crippen LogP contribution is -2.37. The van der Waals surface area contributed by atoms with Crippen molar-refractivity contribution in [1.29, 1.82) is 0 Å². The molecule has 0 atom stereocenters. The van der Waals surface area contributed by atoms with E-state index < -0.39 is 0 Å². The van der Waals surface area contributed by atoms with E-state index in [-0.39, 0.29) is 0 Å². The van der Waals surface area contributed by atoms with Gasteiger partial charge >= 0.3 is 0 Å². The maximum Gasteiger partial charge on any atom is 0.180 e. The minimum absolute atomic E-state index is 0.665. The van der Waals surface area contributed by atoms with E-state index in [4.69, 9.17) is 11.7 Å². The van der Waals surface area contributed by atoms with E-state index >= 15 is 0 Å². The molecule has 4 aromatic rings. The summed E-state index contributed by atoms with van der Waals surface area (Å²) in [5.74, 6) is 11.8. The fraction of sp³-hybridized carbons (Fsp3) is 0. The van der Waals surface area contributed by atoms with E-state index in [0.29, 0.717) is 11.5 Å². The van der Waals surface area contributed by atoms with Crippen molar-refractivity contribution in [3.63, 3.8) is 0 Å². The normalized spacial score (nSPS) is 10.9. The van der Waals surface area contributed by atoms with Crippen LogP contribution < -0.4 is 22.1 Å². The highest BCUT2D eigenvalue weighted by Crippen LogP contribution is 2.28. The Morgan fingerprint density at radius 2 is 2.04 bits per heavy atom. The van der Waals surface area contributed by atoms with Gasteiger partial charge in [-0.1, -0.05) is 12.1 Å². The van der Waals surface area contributed by atoms with Crippen LogP contribution in [0.4, 0.5) is 17.2 Å².